The van der Waals surface area contributed by atoms with Gasteiger partial charge in [0.25, 0.3) is 0 Å². The summed E-state index contributed by atoms with van der Waals surface area (Å²) in [5.74, 6) is -4.40. The van der Waals surface area contributed by atoms with Gasteiger partial charge >= 0.3 is 0 Å². The molecule has 38 heavy (non-hydrogen) atoms. The molecule has 202 valence electrons. The Bertz CT molecular complexity index is 1360. The molecule has 2 aromatic heterocycles. The first-order chi connectivity index (χ1) is 18.1. The zero-order valence-electron chi connectivity index (χ0n) is 21.1. The molecule has 1 aliphatic heterocycles. The van der Waals surface area contributed by atoms with Crippen molar-refractivity contribution in [3.05, 3.63) is 54.4 Å². The van der Waals surface area contributed by atoms with Crippen LogP contribution in [0.3, 0.4) is 0 Å². The van der Waals surface area contributed by atoms with Gasteiger partial charge in [-0.3, -0.25) is 13.9 Å². The van der Waals surface area contributed by atoms with E-state index in [0.29, 0.717) is 30.3 Å². The maximum atomic E-state index is 14.5. The topological polar surface area (TPSA) is 114 Å². The lowest BCUT2D eigenvalue weighted by atomic mass is 9.73. The summed E-state index contributed by atoms with van der Waals surface area (Å²) in [6, 6.07) is 14.6. The van der Waals surface area contributed by atoms with Gasteiger partial charge in [0.15, 0.2) is 0 Å². The molecule has 2 fully saturated rings. The van der Waals surface area contributed by atoms with Crippen molar-refractivity contribution in [1.29, 1.82) is 5.26 Å². The Morgan fingerprint density at radius 1 is 1.21 bits per heavy atom. The molecule has 3 heterocycles. The van der Waals surface area contributed by atoms with E-state index in [1.165, 1.54) is 6.92 Å². The number of anilines is 1. The molecule has 2 aliphatic rings. The maximum absolute atomic E-state index is 14.5. The number of nitriles is 1. The Balaban J connectivity index is 1.52. The van der Waals surface area contributed by atoms with Crippen molar-refractivity contribution in [3.8, 4) is 17.2 Å². The van der Waals surface area contributed by atoms with Crippen LogP contribution in [0.4, 0.5) is 14.5 Å². The van der Waals surface area contributed by atoms with E-state index in [9.17, 15) is 22.7 Å². The van der Waals surface area contributed by atoms with Crippen molar-refractivity contribution in [2.24, 2.45) is 5.92 Å². The Morgan fingerprint density at radius 2 is 1.92 bits per heavy atom. The van der Waals surface area contributed by atoms with Crippen LogP contribution >= 0.6 is 10.6 Å². The minimum Gasteiger partial charge on any atom is -0.368 e. The standard InChI is InChI=1S/C27H31F2N5O3S/c1-18(17-30)31-26(35)22-16-27(28,29)10-9-21(22)25-24(23-4-2-3-11-34(23)32-25)19-5-7-20(8-6-19)33-12-14-38(36,37)15-13-33/h2-8,11,18,21-22,36-37H,9-10,12-16H2,1H3,(H,31,35)/t18-,21+,22+/m0/s1. The molecule has 0 radical (unpaired) electrons. The van der Waals surface area contributed by atoms with Crippen LogP contribution in [0.1, 0.15) is 37.8 Å². The third-order valence-electron chi connectivity index (χ3n) is 7.53. The number of hydrogen-bond donors (Lipinski definition) is 3. The van der Waals surface area contributed by atoms with Gasteiger partial charge < -0.3 is 10.2 Å². The summed E-state index contributed by atoms with van der Waals surface area (Å²) in [5, 5.41) is 16.5. The van der Waals surface area contributed by atoms with Crippen molar-refractivity contribution in [2.75, 3.05) is 29.5 Å². The zero-order valence-corrected chi connectivity index (χ0v) is 21.9. The molecular weight excluding hydrogens is 512 g/mol. The van der Waals surface area contributed by atoms with E-state index in [1.54, 1.807) is 10.7 Å². The highest BCUT2D eigenvalue weighted by Gasteiger charge is 2.47. The van der Waals surface area contributed by atoms with E-state index in [0.717, 1.165) is 22.3 Å². The lowest BCUT2D eigenvalue weighted by molar-refractivity contribution is -0.134. The second kappa shape index (κ2) is 10.2. The summed E-state index contributed by atoms with van der Waals surface area (Å²) in [7, 11) is -2.50. The molecule has 1 aliphatic carbocycles. The van der Waals surface area contributed by atoms with Crippen LogP contribution in [0.2, 0.25) is 0 Å². The van der Waals surface area contributed by atoms with Crippen LogP contribution in [0.15, 0.2) is 48.7 Å². The second-order valence-corrected chi connectivity index (χ2v) is 12.6. The molecule has 1 saturated carbocycles. The SMILES string of the molecule is C[C@@H](C#N)NC(=O)[C@@H]1CC(F)(F)CC[C@H]1c1nn2ccccc2c1-c1ccc(N2CCS(O)(O)CC2)cc1. The number of rotatable bonds is 5. The third-order valence-corrected chi connectivity index (χ3v) is 9.20. The average molecular weight is 544 g/mol. The second-order valence-electron chi connectivity index (χ2n) is 10.2. The van der Waals surface area contributed by atoms with Crippen molar-refractivity contribution in [1.82, 2.24) is 14.9 Å². The number of benzene rings is 1. The lowest BCUT2D eigenvalue weighted by Gasteiger charge is -2.41. The smallest absolute Gasteiger partial charge is 0.249 e. The Labute approximate surface area is 221 Å². The quantitative estimate of drug-likeness (QED) is 0.412. The summed E-state index contributed by atoms with van der Waals surface area (Å²) in [5.41, 5.74) is 4.02. The molecule has 3 aromatic rings. The predicted molar refractivity (Wildman–Crippen MR) is 144 cm³/mol. The van der Waals surface area contributed by atoms with Gasteiger partial charge in [-0.2, -0.15) is 21.0 Å². The van der Waals surface area contributed by atoms with Gasteiger partial charge in [0.1, 0.15) is 6.04 Å². The van der Waals surface area contributed by atoms with Gasteiger partial charge in [-0.25, -0.2) is 13.3 Å². The highest BCUT2D eigenvalue weighted by atomic mass is 32.3. The summed E-state index contributed by atoms with van der Waals surface area (Å²) in [6.07, 6.45) is 0.964. The number of alkyl halides is 2. The van der Waals surface area contributed by atoms with E-state index in [2.05, 4.69) is 10.2 Å². The van der Waals surface area contributed by atoms with Crippen LogP contribution in [0.25, 0.3) is 16.6 Å². The zero-order chi connectivity index (χ0) is 27.1. The molecule has 5 rings (SSSR count). The number of carbonyl (C=O) groups is 1. The number of amides is 1. The number of pyridine rings is 1. The van der Waals surface area contributed by atoms with Crippen LogP contribution in [-0.2, 0) is 4.79 Å². The Hall–Kier alpha value is -3.20. The third kappa shape index (κ3) is 5.34. The van der Waals surface area contributed by atoms with Crippen LogP contribution < -0.4 is 10.2 Å². The Kier molecular flexibility index (Phi) is 7.07. The maximum Gasteiger partial charge on any atom is 0.249 e. The van der Waals surface area contributed by atoms with Gasteiger partial charge in [0.05, 0.1) is 34.7 Å². The molecular formula is C27H31F2N5O3S. The van der Waals surface area contributed by atoms with Crippen LogP contribution in [-0.4, -0.2) is 61.2 Å². The lowest BCUT2D eigenvalue weighted by Crippen LogP contribution is -2.44. The van der Waals surface area contributed by atoms with Crippen molar-refractivity contribution >= 4 is 27.7 Å². The van der Waals surface area contributed by atoms with Gasteiger partial charge in [0.2, 0.25) is 11.8 Å². The minimum atomic E-state index is -2.97. The van der Waals surface area contributed by atoms with Gasteiger partial charge in [0, 0.05) is 49.3 Å². The molecule has 1 amide bonds. The molecule has 3 N–H and O–H groups in total. The molecule has 0 unspecified atom stereocenters. The highest BCUT2D eigenvalue weighted by Crippen LogP contribution is 2.48. The number of aromatic nitrogens is 2. The summed E-state index contributed by atoms with van der Waals surface area (Å²) >= 11 is 0. The largest absolute Gasteiger partial charge is 0.368 e. The average Bonchev–Trinajstić information content (AvgIpc) is 3.27. The predicted octanol–water partition coefficient (Wildman–Crippen LogP) is 5.12. The first-order valence-electron chi connectivity index (χ1n) is 12.7. The van der Waals surface area contributed by atoms with Crippen molar-refractivity contribution in [2.45, 2.75) is 44.1 Å². The summed E-state index contributed by atoms with van der Waals surface area (Å²) < 4.78 is 50.6. The number of carbonyl (C=O) groups excluding carboxylic acids is 1. The van der Waals surface area contributed by atoms with Gasteiger partial charge in [-0.15, -0.1) is 0 Å². The fourth-order valence-corrected chi connectivity index (χ4v) is 6.72. The summed E-state index contributed by atoms with van der Waals surface area (Å²) in [6.45, 7) is 2.63. The van der Waals surface area contributed by atoms with E-state index in [4.69, 9.17) is 10.4 Å². The van der Waals surface area contributed by atoms with E-state index in [1.807, 2.05) is 48.5 Å². The fourth-order valence-electron chi connectivity index (χ4n) is 5.49. The minimum absolute atomic E-state index is 0.0984. The molecule has 1 saturated heterocycles. The van der Waals surface area contributed by atoms with Gasteiger partial charge in [-0.05, 0) is 43.2 Å². The molecule has 0 spiro atoms. The van der Waals surface area contributed by atoms with Crippen LogP contribution in [0.5, 0.6) is 0 Å². The number of nitrogens with one attached hydrogen (secondary N) is 1. The fraction of sp³-hybridized carbons (Fsp3) is 0.444. The Morgan fingerprint density at radius 3 is 2.61 bits per heavy atom. The number of halogens is 2. The number of hydrogen-bond acceptors (Lipinski definition) is 6. The van der Waals surface area contributed by atoms with Crippen molar-refractivity contribution in [3.63, 3.8) is 0 Å². The van der Waals surface area contributed by atoms with E-state index in [-0.39, 0.29) is 12.8 Å². The molecule has 1 aromatic carbocycles. The number of nitrogens with zero attached hydrogens (tertiary/aromatic N) is 4. The molecule has 11 heteroatoms. The monoisotopic (exact) mass is 543 g/mol. The molecule has 0 bridgehead atoms. The van der Waals surface area contributed by atoms with Gasteiger partial charge in [-0.1, -0.05) is 18.2 Å². The molecule has 8 nitrogen and oxygen atoms in total. The molecule has 3 atom stereocenters. The van der Waals surface area contributed by atoms with Crippen molar-refractivity contribution < 1.29 is 22.7 Å². The number of fused-ring (bicyclic) bond motifs is 1. The van der Waals surface area contributed by atoms with E-state index >= 15 is 0 Å². The first-order valence-corrected chi connectivity index (χ1v) is 14.6. The first kappa shape index (κ1) is 26.4. The normalized spacial score (nSPS) is 24.4. The highest BCUT2D eigenvalue weighted by molar-refractivity contribution is 8.24. The summed E-state index contributed by atoms with van der Waals surface area (Å²) in [4.78, 5) is 15.2. The van der Waals surface area contributed by atoms with Crippen LogP contribution in [0, 0.1) is 17.2 Å². The van der Waals surface area contributed by atoms with E-state index < -0.39 is 46.7 Å².